The first-order valence-electron chi connectivity index (χ1n) is 10.8. The van der Waals surface area contributed by atoms with Crippen molar-refractivity contribution in [1.29, 1.82) is 0 Å². The van der Waals surface area contributed by atoms with Crippen molar-refractivity contribution in [2.75, 3.05) is 0 Å². The molecule has 1 aliphatic heterocycles. The van der Waals surface area contributed by atoms with Gasteiger partial charge in [-0.15, -0.1) is 3.97 Å². The molecular weight excluding hydrogens is 388 g/mol. The largest absolute Gasteiger partial charge is 0.330 e. The molecule has 164 valence electrons. The number of hydrogen-bond donors (Lipinski definition) is 1. The Balaban J connectivity index is 1.92. The summed E-state index contributed by atoms with van der Waals surface area (Å²) >= 11 is -0.707. The molecule has 0 bridgehead atoms. The molecular formula is C25H39N4S+. The molecule has 3 rings (SSSR count). The Hall–Kier alpha value is -1.88. The number of imidazole rings is 1. The SMILES string of the molecule is CC1=C(C(C)(C)C)[SH]([n+]2ccc(C(C)(C)Cc3nccn3C(C)(C)C)c(C)c2)N=C1. The van der Waals surface area contributed by atoms with Crippen molar-refractivity contribution in [3.05, 3.63) is 58.3 Å². The second kappa shape index (κ2) is 7.67. The molecule has 0 N–H and O–H groups in total. The summed E-state index contributed by atoms with van der Waals surface area (Å²) in [7, 11) is 0. The van der Waals surface area contributed by atoms with E-state index in [2.05, 4.69) is 114 Å². The maximum atomic E-state index is 4.88. The van der Waals surface area contributed by atoms with Crippen LogP contribution in [0.15, 0.2) is 45.7 Å². The van der Waals surface area contributed by atoms with Crippen LogP contribution in [0.1, 0.15) is 79.3 Å². The zero-order valence-electron chi connectivity index (χ0n) is 20.4. The highest BCUT2D eigenvalue weighted by atomic mass is 32.2. The van der Waals surface area contributed by atoms with Crippen LogP contribution in [0, 0.1) is 12.3 Å². The van der Waals surface area contributed by atoms with Gasteiger partial charge in [0.15, 0.2) is 12.4 Å². The van der Waals surface area contributed by atoms with E-state index in [1.807, 2.05) is 6.20 Å². The lowest BCUT2D eigenvalue weighted by Gasteiger charge is -2.30. The van der Waals surface area contributed by atoms with E-state index in [9.17, 15) is 0 Å². The molecule has 1 atom stereocenters. The Morgan fingerprint density at radius 1 is 1.03 bits per heavy atom. The van der Waals surface area contributed by atoms with Crippen LogP contribution in [0.3, 0.4) is 0 Å². The van der Waals surface area contributed by atoms with Gasteiger partial charge in [0.1, 0.15) is 5.82 Å². The molecule has 0 saturated heterocycles. The smallest absolute Gasteiger partial charge is 0.186 e. The number of aryl methyl sites for hydroxylation is 1. The molecule has 4 nitrogen and oxygen atoms in total. The summed E-state index contributed by atoms with van der Waals surface area (Å²) in [4.78, 5) is 6.14. The van der Waals surface area contributed by atoms with Gasteiger partial charge in [0, 0.05) is 42.2 Å². The van der Waals surface area contributed by atoms with Gasteiger partial charge in [0.25, 0.3) is 0 Å². The Labute approximate surface area is 185 Å². The lowest BCUT2D eigenvalue weighted by molar-refractivity contribution is -0.499. The summed E-state index contributed by atoms with van der Waals surface area (Å²) < 4.78 is 9.51. The fourth-order valence-electron chi connectivity index (χ4n) is 4.52. The Kier molecular flexibility index (Phi) is 5.83. The minimum Gasteiger partial charge on any atom is -0.330 e. The topological polar surface area (TPSA) is 34.1 Å². The van der Waals surface area contributed by atoms with E-state index in [1.165, 1.54) is 21.6 Å². The van der Waals surface area contributed by atoms with Gasteiger partial charge in [-0.1, -0.05) is 34.6 Å². The molecule has 2 aromatic rings. The molecule has 0 fully saturated rings. The van der Waals surface area contributed by atoms with Gasteiger partial charge in [-0.25, -0.2) is 4.98 Å². The van der Waals surface area contributed by atoms with Crippen molar-refractivity contribution in [3.8, 4) is 0 Å². The summed E-state index contributed by atoms with van der Waals surface area (Å²) in [6, 6.07) is 2.30. The number of aromatic nitrogens is 3. The third-order valence-corrected chi connectivity index (χ3v) is 8.22. The standard InChI is InChI=1S/C25H39N4S/c1-18-16-27-30(22(18)23(3,4)5)28-13-11-20(19(2)17-28)25(9,10)15-21-26-12-14-29(21)24(6,7)8/h11-14,16-17,30H,15H2,1-10H3/q+1. The molecule has 2 aromatic heterocycles. The summed E-state index contributed by atoms with van der Waals surface area (Å²) in [5.74, 6) is 1.14. The van der Waals surface area contributed by atoms with Crippen LogP contribution in [-0.4, -0.2) is 15.8 Å². The fourth-order valence-corrected chi connectivity index (χ4v) is 6.72. The quantitative estimate of drug-likeness (QED) is 0.483. The second-order valence-electron chi connectivity index (χ2n) is 11.2. The number of nitrogens with zero attached hydrogens (tertiary/aromatic N) is 4. The number of thiol groups is 1. The van der Waals surface area contributed by atoms with Gasteiger partial charge in [0.05, 0.1) is 16.2 Å². The third kappa shape index (κ3) is 4.41. The highest BCUT2D eigenvalue weighted by molar-refractivity contribution is 8.14. The van der Waals surface area contributed by atoms with E-state index in [4.69, 9.17) is 4.40 Å². The van der Waals surface area contributed by atoms with Gasteiger partial charge in [-0.3, -0.25) is 0 Å². The molecule has 3 heterocycles. The van der Waals surface area contributed by atoms with E-state index in [-0.39, 0.29) is 16.4 Å². The minimum absolute atomic E-state index is 0.0116. The average Bonchev–Trinajstić information content (AvgIpc) is 3.19. The Morgan fingerprint density at radius 2 is 1.70 bits per heavy atom. The lowest BCUT2D eigenvalue weighted by atomic mass is 9.79. The molecule has 1 unspecified atom stereocenters. The molecule has 0 saturated carbocycles. The van der Waals surface area contributed by atoms with Crippen molar-refractivity contribution < 1.29 is 3.97 Å². The van der Waals surface area contributed by atoms with Crippen molar-refractivity contribution in [2.24, 2.45) is 9.81 Å². The third-order valence-electron chi connectivity index (χ3n) is 5.78. The number of allylic oxidation sites excluding steroid dienone is 2. The molecule has 0 aromatic carbocycles. The molecule has 0 spiro atoms. The summed E-state index contributed by atoms with van der Waals surface area (Å²) in [5, 5.41) is 0. The van der Waals surface area contributed by atoms with Gasteiger partial charge in [0.2, 0.25) is 0 Å². The molecule has 0 aliphatic carbocycles. The lowest BCUT2D eigenvalue weighted by Crippen LogP contribution is -2.34. The van der Waals surface area contributed by atoms with Crippen LogP contribution in [0.4, 0.5) is 0 Å². The highest BCUT2D eigenvalue weighted by Crippen LogP contribution is 2.48. The van der Waals surface area contributed by atoms with Crippen LogP contribution < -0.4 is 3.97 Å². The zero-order chi connectivity index (χ0) is 22.5. The maximum absolute atomic E-state index is 4.88. The van der Waals surface area contributed by atoms with Crippen LogP contribution in [0.5, 0.6) is 0 Å². The molecule has 5 heteroatoms. The first-order chi connectivity index (χ1) is 13.7. The normalized spacial score (nSPS) is 19.1. The molecule has 0 amide bonds. The molecule has 1 aliphatic rings. The number of hydrogen-bond acceptors (Lipinski definition) is 2. The summed E-state index contributed by atoms with van der Waals surface area (Å²) in [5.41, 5.74) is 4.15. The van der Waals surface area contributed by atoms with Gasteiger partial charge in [-0.2, -0.15) is 4.40 Å². The van der Waals surface area contributed by atoms with Crippen LogP contribution >= 0.6 is 11.3 Å². The monoisotopic (exact) mass is 427 g/mol. The predicted molar refractivity (Wildman–Crippen MR) is 130 cm³/mol. The second-order valence-corrected chi connectivity index (χ2v) is 12.9. The summed E-state index contributed by atoms with van der Waals surface area (Å²) in [6.07, 6.45) is 11.5. The van der Waals surface area contributed by atoms with Crippen molar-refractivity contribution >= 4 is 17.5 Å². The van der Waals surface area contributed by atoms with Gasteiger partial charge < -0.3 is 4.57 Å². The van der Waals surface area contributed by atoms with Crippen molar-refractivity contribution in [1.82, 2.24) is 9.55 Å². The van der Waals surface area contributed by atoms with E-state index in [0.717, 1.165) is 12.2 Å². The van der Waals surface area contributed by atoms with E-state index < -0.39 is 11.3 Å². The fraction of sp³-hybridized carbons (Fsp3) is 0.560. The van der Waals surface area contributed by atoms with Crippen LogP contribution in [0.2, 0.25) is 0 Å². The minimum atomic E-state index is -0.707. The average molecular weight is 428 g/mol. The number of rotatable bonds is 4. The predicted octanol–water partition coefficient (Wildman–Crippen LogP) is 5.84. The van der Waals surface area contributed by atoms with E-state index in [0.29, 0.717) is 0 Å². The molecule has 0 radical (unpaired) electrons. The van der Waals surface area contributed by atoms with Gasteiger partial charge in [-0.05, 0) is 56.6 Å². The van der Waals surface area contributed by atoms with Crippen molar-refractivity contribution in [3.63, 3.8) is 0 Å². The first kappa shape index (κ1) is 22.8. The summed E-state index contributed by atoms with van der Waals surface area (Å²) in [6.45, 7) is 22.6. The van der Waals surface area contributed by atoms with E-state index in [1.54, 1.807) is 0 Å². The maximum Gasteiger partial charge on any atom is 0.186 e. The highest BCUT2D eigenvalue weighted by Gasteiger charge is 2.34. The van der Waals surface area contributed by atoms with Gasteiger partial charge >= 0.3 is 0 Å². The zero-order valence-corrected chi connectivity index (χ0v) is 21.3. The van der Waals surface area contributed by atoms with Crippen LogP contribution in [0.25, 0.3) is 0 Å². The van der Waals surface area contributed by atoms with Crippen molar-refractivity contribution in [2.45, 2.75) is 86.6 Å². The van der Waals surface area contributed by atoms with E-state index >= 15 is 0 Å². The number of pyridine rings is 1. The molecule has 30 heavy (non-hydrogen) atoms. The van der Waals surface area contributed by atoms with Crippen LogP contribution in [-0.2, 0) is 17.4 Å². The Bertz CT molecular complexity index is 997. The Morgan fingerprint density at radius 3 is 2.27 bits per heavy atom. The first-order valence-corrected chi connectivity index (χ1v) is 12.1.